The maximum atomic E-state index is 13.4. The fourth-order valence-electron chi connectivity index (χ4n) is 2.86. The quantitative estimate of drug-likeness (QED) is 0.768. The van der Waals surface area contributed by atoms with Crippen LogP contribution in [0.5, 0.6) is 0 Å². The molecule has 0 saturated carbocycles. The first kappa shape index (κ1) is 18.0. The van der Waals surface area contributed by atoms with E-state index in [1.807, 2.05) is 0 Å². The van der Waals surface area contributed by atoms with E-state index in [1.165, 1.54) is 6.08 Å². The van der Waals surface area contributed by atoms with E-state index in [0.29, 0.717) is 0 Å². The van der Waals surface area contributed by atoms with Gasteiger partial charge in [0.2, 0.25) is 5.60 Å². The number of nitrogens with one attached hydrogen (secondary N) is 1. The molecule has 2 aliphatic heterocycles. The van der Waals surface area contributed by atoms with E-state index in [0.717, 1.165) is 18.2 Å². The lowest BCUT2D eigenvalue weighted by atomic mass is 9.92. The number of carboxylic acids is 1. The van der Waals surface area contributed by atoms with Gasteiger partial charge in [-0.25, -0.2) is 13.6 Å². The smallest absolute Gasteiger partial charge is 0.332 e. The average molecular weight is 366 g/mol. The summed E-state index contributed by atoms with van der Waals surface area (Å²) in [5, 5.41) is 15.3. The first-order valence-corrected chi connectivity index (χ1v) is 7.83. The Kier molecular flexibility index (Phi) is 4.73. The average Bonchev–Trinajstić information content (AvgIpc) is 3.21. The minimum absolute atomic E-state index is 0.0543. The summed E-state index contributed by atoms with van der Waals surface area (Å²) < 4.78 is 31.9. The second-order valence-electron chi connectivity index (χ2n) is 6.12. The highest BCUT2D eigenvalue weighted by molar-refractivity contribution is 6.06. The van der Waals surface area contributed by atoms with Crippen LogP contribution in [0.25, 0.3) is 0 Å². The maximum absolute atomic E-state index is 13.4. The lowest BCUT2D eigenvalue weighted by Gasteiger charge is -2.23. The number of carbonyl (C=O) groups excluding carboxylic acids is 1. The normalized spacial score (nSPS) is 27.5. The molecule has 0 aliphatic carbocycles. The number of benzene rings is 1. The summed E-state index contributed by atoms with van der Waals surface area (Å²) in [5.74, 6) is -3.23. The molecule has 2 aliphatic rings. The molecule has 3 rings (SSSR count). The number of halogens is 2. The fraction of sp³-hybridized carbons (Fsp3) is 0.353. The Bertz CT molecular complexity index is 777. The van der Waals surface area contributed by atoms with Crippen LogP contribution < -0.4 is 5.32 Å². The molecule has 7 nitrogen and oxygen atoms in total. The number of oxime groups is 1. The topological polar surface area (TPSA) is 97.2 Å². The highest BCUT2D eigenvalue weighted by atomic mass is 19.1. The molecule has 1 aromatic carbocycles. The summed E-state index contributed by atoms with van der Waals surface area (Å²) in [4.78, 5) is 28.8. The summed E-state index contributed by atoms with van der Waals surface area (Å²) >= 11 is 0. The predicted octanol–water partition coefficient (Wildman–Crippen LogP) is 1.37. The molecule has 1 aromatic rings. The minimum Gasteiger partial charge on any atom is -0.479 e. The van der Waals surface area contributed by atoms with E-state index in [1.54, 1.807) is 0 Å². The van der Waals surface area contributed by atoms with Crippen molar-refractivity contribution in [3.63, 3.8) is 0 Å². The molecular weight excluding hydrogens is 350 g/mol. The first-order valence-electron chi connectivity index (χ1n) is 7.83. The van der Waals surface area contributed by atoms with Crippen molar-refractivity contribution >= 4 is 17.6 Å². The van der Waals surface area contributed by atoms with Gasteiger partial charge < -0.3 is 20.0 Å². The zero-order chi connectivity index (χ0) is 18.9. The van der Waals surface area contributed by atoms with E-state index >= 15 is 0 Å². The van der Waals surface area contributed by atoms with Gasteiger partial charge in [0.15, 0.2) is 6.10 Å². The van der Waals surface area contributed by atoms with Crippen LogP contribution in [0.1, 0.15) is 18.4 Å². The molecule has 0 radical (unpaired) electrons. The van der Waals surface area contributed by atoms with Crippen LogP contribution in [0.3, 0.4) is 0 Å². The first-order chi connectivity index (χ1) is 12.3. The highest BCUT2D eigenvalue weighted by Crippen LogP contribution is 2.29. The SMILES string of the molecule is C=C[C@]1(C(=O)N[C@H]2CO[C@@H](C(=O)O)C2)CC(c2cc(F)cc(F)c2)=NO1. The van der Waals surface area contributed by atoms with Gasteiger partial charge in [-0.2, -0.15) is 0 Å². The Hall–Kier alpha value is -2.81. The van der Waals surface area contributed by atoms with Crippen molar-refractivity contribution in [2.45, 2.75) is 30.6 Å². The van der Waals surface area contributed by atoms with E-state index in [-0.39, 0.29) is 30.7 Å². The third-order valence-corrected chi connectivity index (χ3v) is 4.27. The highest BCUT2D eigenvalue weighted by Gasteiger charge is 2.46. The number of carbonyl (C=O) groups is 2. The van der Waals surface area contributed by atoms with Gasteiger partial charge in [-0.1, -0.05) is 11.7 Å². The molecule has 1 amide bonds. The molecule has 0 aromatic heterocycles. The third-order valence-electron chi connectivity index (χ3n) is 4.27. The molecule has 3 atom stereocenters. The minimum atomic E-state index is -1.54. The van der Waals surface area contributed by atoms with Crippen LogP contribution in [-0.4, -0.2) is 47.0 Å². The van der Waals surface area contributed by atoms with Crippen LogP contribution in [0.15, 0.2) is 36.0 Å². The zero-order valence-corrected chi connectivity index (χ0v) is 13.6. The Balaban J connectivity index is 1.70. The van der Waals surface area contributed by atoms with Crippen LogP contribution in [0, 0.1) is 11.6 Å². The van der Waals surface area contributed by atoms with E-state index < -0.39 is 41.3 Å². The molecule has 2 heterocycles. The lowest BCUT2D eigenvalue weighted by molar-refractivity contribution is -0.147. The van der Waals surface area contributed by atoms with Crippen molar-refractivity contribution in [1.82, 2.24) is 5.32 Å². The number of aliphatic carboxylic acids is 1. The lowest BCUT2D eigenvalue weighted by Crippen LogP contribution is -2.49. The zero-order valence-electron chi connectivity index (χ0n) is 13.6. The summed E-state index contributed by atoms with van der Waals surface area (Å²) in [6.07, 6.45) is 0.323. The van der Waals surface area contributed by atoms with Crippen LogP contribution in [0.2, 0.25) is 0 Å². The Morgan fingerprint density at radius 3 is 2.62 bits per heavy atom. The molecule has 1 saturated heterocycles. The van der Waals surface area contributed by atoms with Gasteiger partial charge in [-0.15, -0.1) is 0 Å². The van der Waals surface area contributed by atoms with Crippen molar-refractivity contribution in [2.24, 2.45) is 5.16 Å². The van der Waals surface area contributed by atoms with Gasteiger partial charge in [0.1, 0.15) is 11.6 Å². The molecule has 0 unspecified atom stereocenters. The standard InChI is InChI=1S/C17H16F2N2O5/c1-2-17(16(24)20-12-6-14(15(22)23)25-8-12)7-13(21-26-17)9-3-10(18)5-11(19)4-9/h2-5,12,14H,1,6-8H2,(H,20,24)(H,22,23)/t12-,14-,17-/m1/s1. The van der Waals surface area contributed by atoms with Gasteiger partial charge in [-0.05, 0) is 18.2 Å². The number of amides is 1. The second kappa shape index (κ2) is 6.83. The maximum Gasteiger partial charge on any atom is 0.332 e. The van der Waals surface area contributed by atoms with Gasteiger partial charge in [-0.3, -0.25) is 4.79 Å². The summed E-state index contributed by atoms with van der Waals surface area (Å²) in [7, 11) is 0. The monoisotopic (exact) mass is 366 g/mol. The van der Waals surface area contributed by atoms with Crippen molar-refractivity contribution in [1.29, 1.82) is 0 Å². The van der Waals surface area contributed by atoms with E-state index in [2.05, 4.69) is 17.1 Å². The van der Waals surface area contributed by atoms with Crippen LogP contribution in [-0.2, 0) is 19.2 Å². The molecular formula is C17H16F2N2O5. The Labute approximate surface area is 147 Å². The van der Waals surface area contributed by atoms with Gasteiger partial charge >= 0.3 is 5.97 Å². The van der Waals surface area contributed by atoms with E-state index in [9.17, 15) is 18.4 Å². The van der Waals surface area contributed by atoms with E-state index in [4.69, 9.17) is 14.7 Å². The molecule has 1 fully saturated rings. The van der Waals surface area contributed by atoms with Crippen molar-refractivity contribution in [3.8, 4) is 0 Å². The summed E-state index contributed by atoms with van der Waals surface area (Å²) in [6.45, 7) is 3.64. The van der Waals surface area contributed by atoms with Gasteiger partial charge in [0.05, 0.1) is 18.4 Å². The second-order valence-corrected chi connectivity index (χ2v) is 6.12. The van der Waals surface area contributed by atoms with Crippen molar-refractivity contribution in [3.05, 3.63) is 48.1 Å². The molecule has 9 heteroatoms. The summed E-state index contributed by atoms with van der Waals surface area (Å²) in [6, 6.07) is 2.40. The van der Waals surface area contributed by atoms with Crippen molar-refractivity contribution < 1.29 is 33.1 Å². The predicted molar refractivity (Wildman–Crippen MR) is 85.4 cm³/mol. The summed E-state index contributed by atoms with van der Waals surface area (Å²) in [5.41, 5.74) is -1.18. The van der Waals surface area contributed by atoms with Crippen LogP contribution >= 0.6 is 0 Å². The Morgan fingerprint density at radius 1 is 1.35 bits per heavy atom. The number of ether oxygens (including phenoxy) is 1. The Morgan fingerprint density at radius 2 is 2.04 bits per heavy atom. The van der Waals surface area contributed by atoms with Gasteiger partial charge in [0.25, 0.3) is 5.91 Å². The number of rotatable bonds is 5. The molecule has 2 N–H and O–H groups in total. The van der Waals surface area contributed by atoms with Crippen molar-refractivity contribution in [2.75, 3.05) is 6.61 Å². The third kappa shape index (κ3) is 3.43. The largest absolute Gasteiger partial charge is 0.479 e. The molecule has 0 spiro atoms. The fourth-order valence-corrected chi connectivity index (χ4v) is 2.86. The molecule has 138 valence electrons. The number of nitrogens with zero attached hydrogens (tertiary/aromatic N) is 1. The number of hydrogen-bond donors (Lipinski definition) is 2. The number of carboxylic acid groups (broad SMARTS) is 1. The number of hydrogen-bond acceptors (Lipinski definition) is 5. The molecule has 26 heavy (non-hydrogen) atoms. The van der Waals surface area contributed by atoms with Crippen LogP contribution in [0.4, 0.5) is 8.78 Å². The van der Waals surface area contributed by atoms with Gasteiger partial charge in [0, 0.05) is 24.5 Å². The molecule has 0 bridgehead atoms.